The molecule has 1 heterocycles. The normalized spacial score (nSPS) is 22.2. The molecule has 0 radical (unpaired) electrons. The number of aliphatic hydroxyl groups is 1. The van der Waals surface area contributed by atoms with Crippen molar-refractivity contribution in [2.24, 2.45) is 17.6 Å². The number of hydrogen-bond acceptors (Lipinski definition) is 3. The molecule has 1 aromatic heterocycles. The van der Waals surface area contributed by atoms with E-state index in [0.717, 1.165) is 17.1 Å². The van der Waals surface area contributed by atoms with Gasteiger partial charge in [0.2, 0.25) is 6.41 Å². The predicted octanol–water partition coefficient (Wildman–Crippen LogP) is 5.43. The lowest BCUT2D eigenvalue weighted by atomic mass is 9.78. The van der Waals surface area contributed by atoms with E-state index in [9.17, 15) is 4.39 Å². The third kappa shape index (κ3) is 7.14. The van der Waals surface area contributed by atoms with Crippen LogP contribution in [0.3, 0.4) is 0 Å². The number of halogens is 2. The van der Waals surface area contributed by atoms with E-state index in [1.807, 2.05) is 12.1 Å². The Morgan fingerprint density at radius 2 is 1.59 bits per heavy atom. The quantitative estimate of drug-likeness (QED) is 0.529. The van der Waals surface area contributed by atoms with E-state index < -0.39 is 0 Å². The second-order valence-electron chi connectivity index (χ2n) is 9.26. The van der Waals surface area contributed by atoms with E-state index in [4.69, 9.17) is 14.9 Å². The SMILES string of the molecule is Cc1c(Br)nc(C2CCC(c3ccc(F)cc3)CC2)n1CC1CC1.NC=O.OCC1CC1. The van der Waals surface area contributed by atoms with E-state index in [1.165, 1.54) is 68.4 Å². The van der Waals surface area contributed by atoms with Gasteiger partial charge in [-0.15, -0.1) is 0 Å². The Morgan fingerprint density at radius 3 is 2.06 bits per heavy atom. The Labute approximate surface area is 198 Å². The van der Waals surface area contributed by atoms with Crippen molar-refractivity contribution in [1.82, 2.24) is 9.55 Å². The molecular formula is C25H35BrFN3O2. The van der Waals surface area contributed by atoms with Gasteiger partial charge in [-0.05, 0) is 110 Å². The molecule has 3 aliphatic carbocycles. The molecule has 0 aliphatic heterocycles. The summed E-state index contributed by atoms with van der Waals surface area (Å²) < 4.78 is 16.6. The number of imidazole rings is 1. The molecule has 5 rings (SSSR count). The average molecular weight is 508 g/mol. The monoisotopic (exact) mass is 507 g/mol. The number of carbonyl (C=O) groups is 1. The third-order valence-electron chi connectivity index (χ3n) is 6.72. The van der Waals surface area contributed by atoms with Crippen LogP contribution < -0.4 is 5.73 Å². The summed E-state index contributed by atoms with van der Waals surface area (Å²) in [5.74, 6) is 3.82. The van der Waals surface area contributed by atoms with Gasteiger partial charge in [-0.25, -0.2) is 9.37 Å². The van der Waals surface area contributed by atoms with Crippen molar-refractivity contribution in [1.29, 1.82) is 0 Å². The van der Waals surface area contributed by atoms with Crippen LogP contribution in [-0.4, -0.2) is 27.7 Å². The van der Waals surface area contributed by atoms with Crippen molar-refractivity contribution >= 4 is 22.3 Å². The van der Waals surface area contributed by atoms with Gasteiger partial charge in [-0.1, -0.05) is 12.1 Å². The number of primary amides is 1. The minimum atomic E-state index is -0.144. The van der Waals surface area contributed by atoms with Crippen LogP contribution in [0.1, 0.15) is 80.3 Å². The first-order valence-corrected chi connectivity index (χ1v) is 12.5. The number of hydrogen-bond donors (Lipinski definition) is 2. The molecule has 32 heavy (non-hydrogen) atoms. The molecule has 1 amide bonds. The van der Waals surface area contributed by atoms with Gasteiger partial charge in [0.25, 0.3) is 0 Å². The molecule has 3 N–H and O–H groups in total. The first kappa shape index (κ1) is 24.9. The fourth-order valence-corrected chi connectivity index (χ4v) is 4.74. The van der Waals surface area contributed by atoms with Gasteiger partial charge in [-0.2, -0.15) is 0 Å². The fourth-order valence-electron chi connectivity index (χ4n) is 4.35. The topological polar surface area (TPSA) is 81.1 Å². The zero-order valence-electron chi connectivity index (χ0n) is 18.9. The van der Waals surface area contributed by atoms with Crippen LogP contribution in [0.2, 0.25) is 0 Å². The van der Waals surface area contributed by atoms with E-state index in [0.29, 0.717) is 24.4 Å². The van der Waals surface area contributed by atoms with Crippen molar-refractivity contribution in [3.63, 3.8) is 0 Å². The number of nitrogens with zero attached hydrogens (tertiary/aromatic N) is 2. The van der Waals surface area contributed by atoms with Crippen molar-refractivity contribution < 1.29 is 14.3 Å². The smallest absolute Gasteiger partial charge is 0.204 e. The van der Waals surface area contributed by atoms with Gasteiger partial charge in [0.05, 0.1) is 0 Å². The summed E-state index contributed by atoms with van der Waals surface area (Å²) in [7, 11) is 0. The Balaban J connectivity index is 0.000000308. The lowest BCUT2D eigenvalue weighted by Crippen LogP contribution is -2.17. The van der Waals surface area contributed by atoms with Crippen LogP contribution in [0.15, 0.2) is 28.9 Å². The molecule has 3 fully saturated rings. The maximum atomic E-state index is 13.1. The molecule has 0 saturated heterocycles. The lowest BCUT2D eigenvalue weighted by Gasteiger charge is -2.29. The van der Waals surface area contributed by atoms with Crippen molar-refractivity contribution in [2.75, 3.05) is 6.61 Å². The highest BCUT2D eigenvalue weighted by Crippen LogP contribution is 2.42. The zero-order valence-corrected chi connectivity index (χ0v) is 20.4. The Hall–Kier alpha value is -1.73. The first-order chi connectivity index (χ1) is 15.5. The average Bonchev–Trinajstić information content (AvgIpc) is 3.72. The van der Waals surface area contributed by atoms with Gasteiger partial charge in [0, 0.05) is 24.8 Å². The maximum Gasteiger partial charge on any atom is 0.204 e. The summed E-state index contributed by atoms with van der Waals surface area (Å²) in [4.78, 5) is 13.4. The Kier molecular flexibility index (Phi) is 9.29. The summed E-state index contributed by atoms with van der Waals surface area (Å²) >= 11 is 3.63. The Morgan fingerprint density at radius 1 is 1.06 bits per heavy atom. The van der Waals surface area contributed by atoms with Gasteiger partial charge in [0.15, 0.2) is 0 Å². The highest BCUT2D eigenvalue weighted by Gasteiger charge is 2.30. The van der Waals surface area contributed by atoms with Crippen LogP contribution in [0, 0.1) is 24.6 Å². The molecule has 0 bridgehead atoms. The molecule has 2 aromatic rings. The molecule has 3 saturated carbocycles. The molecule has 1 aromatic carbocycles. The largest absolute Gasteiger partial charge is 0.396 e. The van der Waals surface area contributed by atoms with Gasteiger partial charge >= 0.3 is 0 Å². The number of aromatic nitrogens is 2. The van der Waals surface area contributed by atoms with Gasteiger partial charge in [0.1, 0.15) is 16.2 Å². The zero-order chi connectivity index (χ0) is 23.1. The number of aliphatic hydroxyl groups excluding tert-OH is 1. The molecule has 5 nitrogen and oxygen atoms in total. The third-order valence-corrected chi connectivity index (χ3v) is 7.47. The molecule has 3 aliphatic rings. The molecule has 7 heteroatoms. The minimum Gasteiger partial charge on any atom is -0.396 e. The summed E-state index contributed by atoms with van der Waals surface area (Å²) in [5.41, 5.74) is 6.73. The van der Waals surface area contributed by atoms with E-state index in [1.54, 1.807) is 12.1 Å². The first-order valence-electron chi connectivity index (χ1n) is 11.7. The lowest BCUT2D eigenvalue weighted by molar-refractivity contribution is -0.106. The molecule has 0 unspecified atom stereocenters. The highest BCUT2D eigenvalue weighted by atomic mass is 79.9. The predicted molar refractivity (Wildman–Crippen MR) is 128 cm³/mol. The number of benzene rings is 1. The van der Waals surface area contributed by atoms with E-state index in [-0.39, 0.29) is 12.2 Å². The van der Waals surface area contributed by atoms with E-state index >= 15 is 0 Å². The van der Waals surface area contributed by atoms with Crippen molar-refractivity contribution in [3.8, 4) is 0 Å². The number of rotatable bonds is 5. The molecule has 0 spiro atoms. The Bertz CT molecular complexity index is 855. The summed E-state index contributed by atoms with van der Waals surface area (Å²) in [6.07, 6.45) is 10.2. The fraction of sp³-hybridized carbons (Fsp3) is 0.600. The second kappa shape index (κ2) is 11.9. The van der Waals surface area contributed by atoms with Crippen LogP contribution in [0.4, 0.5) is 4.39 Å². The number of nitrogens with two attached hydrogens (primary N) is 1. The molecule has 0 atom stereocenters. The summed E-state index contributed by atoms with van der Waals surface area (Å²) in [5, 5.41) is 8.21. The summed E-state index contributed by atoms with van der Waals surface area (Å²) in [6.45, 7) is 3.73. The van der Waals surface area contributed by atoms with Gasteiger partial charge in [-0.3, -0.25) is 4.79 Å². The standard InChI is InChI=1S/C20H24BrFN2.C4H8O.CH3NO/c1-13-19(21)23-20(24(13)12-14-2-3-14)17-6-4-15(5-7-17)16-8-10-18(22)11-9-16;5-3-4-1-2-4;2-1-3/h8-11,14-15,17H,2-7,12H2,1H3;4-5H,1-3H2;1H,(H2,2,3). The minimum absolute atomic E-state index is 0.144. The van der Waals surface area contributed by atoms with Crippen LogP contribution in [0.25, 0.3) is 0 Å². The molecular weight excluding hydrogens is 473 g/mol. The van der Waals surface area contributed by atoms with Crippen LogP contribution in [-0.2, 0) is 11.3 Å². The number of amides is 1. The van der Waals surface area contributed by atoms with E-state index in [2.05, 4.69) is 33.2 Å². The molecule has 176 valence electrons. The van der Waals surface area contributed by atoms with Gasteiger partial charge < -0.3 is 15.4 Å². The summed E-state index contributed by atoms with van der Waals surface area (Å²) in [6, 6.07) is 7.08. The van der Waals surface area contributed by atoms with Crippen molar-refractivity contribution in [2.45, 2.75) is 76.7 Å². The van der Waals surface area contributed by atoms with Crippen molar-refractivity contribution in [3.05, 3.63) is 51.8 Å². The van der Waals surface area contributed by atoms with Crippen LogP contribution >= 0.6 is 15.9 Å². The maximum absolute atomic E-state index is 13.1. The highest BCUT2D eigenvalue weighted by molar-refractivity contribution is 9.10. The second-order valence-corrected chi connectivity index (χ2v) is 10.0. The van der Waals surface area contributed by atoms with Crippen LogP contribution in [0.5, 0.6) is 0 Å². The number of carbonyl (C=O) groups excluding carboxylic acids is 1.